The fourth-order valence-corrected chi connectivity index (χ4v) is 2.50. The first-order valence-corrected chi connectivity index (χ1v) is 6.35. The summed E-state index contributed by atoms with van der Waals surface area (Å²) in [6.07, 6.45) is 3.14. The molecule has 1 aliphatic carbocycles. The maximum absolute atomic E-state index is 5.68. The van der Waals surface area contributed by atoms with E-state index in [1.165, 1.54) is 11.1 Å². The summed E-state index contributed by atoms with van der Waals surface area (Å²) in [5, 5.41) is 3.85. The molecule has 0 spiro atoms. The molecule has 1 heterocycles. The lowest BCUT2D eigenvalue weighted by molar-refractivity contribution is 0.338. The molecule has 0 radical (unpaired) electrons. The second-order valence-electron chi connectivity index (χ2n) is 4.39. The SMILES string of the molecule is ClCc1noc(C2CCc3ccccc3C2)n1. The van der Waals surface area contributed by atoms with Gasteiger partial charge in [0.25, 0.3) is 0 Å². The topological polar surface area (TPSA) is 38.9 Å². The molecule has 0 N–H and O–H groups in total. The molecule has 3 rings (SSSR count). The Kier molecular flexibility index (Phi) is 2.85. The van der Waals surface area contributed by atoms with Crippen molar-refractivity contribution in [3.63, 3.8) is 0 Å². The summed E-state index contributed by atoms with van der Waals surface area (Å²) in [4.78, 5) is 4.32. The summed E-state index contributed by atoms with van der Waals surface area (Å²) in [5.74, 6) is 1.97. The first-order chi connectivity index (χ1) is 8.36. The molecule has 2 aromatic rings. The van der Waals surface area contributed by atoms with Gasteiger partial charge in [0.2, 0.25) is 5.89 Å². The van der Waals surface area contributed by atoms with Crippen LogP contribution in [-0.2, 0) is 18.7 Å². The number of rotatable bonds is 2. The minimum Gasteiger partial charge on any atom is -0.339 e. The molecule has 4 heteroatoms. The second-order valence-corrected chi connectivity index (χ2v) is 4.66. The third-order valence-electron chi connectivity index (χ3n) is 3.30. The lowest BCUT2D eigenvalue weighted by Gasteiger charge is -2.21. The number of halogens is 1. The van der Waals surface area contributed by atoms with Crippen molar-refractivity contribution < 1.29 is 4.52 Å². The monoisotopic (exact) mass is 248 g/mol. The van der Waals surface area contributed by atoms with E-state index in [2.05, 4.69) is 34.4 Å². The normalized spacial score (nSPS) is 19.0. The molecule has 0 fully saturated rings. The van der Waals surface area contributed by atoms with Crippen LogP contribution in [0.25, 0.3) is 0 Å². The number of aryl methyl sites for hydroxylation is 1. The van der Waals surface area contributed by atoms with Crippen molar-refractivity contribution in [2.45, 2.75) is 31.1 Å². The molecular formula is C13H13ClN2O. The fraction of sp³-hybridized carbons (Fsp3) is 0.385. The number of aromatic nitrogens is 2. The Labute approximate surface area is 105 Å². The predicted octanol–water partition coefficient (Wildman–Crippen LogP) is 3.08. The van der Waals surface area contributed by atoms with E-state index in [1.807, 2.05) is 0 Å². The zero-order valence-electron chi connectivity index (χ0n) is 9.40. The largest absolute Gasteiger partial charge is 0.339 e. The molecular weight excluding hydrogens is 236 g/mol. The van der Waals surface area contributed by atoms with E-state index in [9.17, 15) is 0 Å². The Balaban J connectivity index is 1.84. The number of hydrogen-bond donors (Lipinski definition) is 0. The zero-order valence-corrected chi connectivity index (χ0v) is 10.2. The first kappa shape index (κ1) is 10.8. The van der Waals surface area contributed by atoms with E-state index < -0.39 is 0 Å². The molecule has 1 unspecified atom stereocenters. The Morgan fingerprint density at radius 3 is 2.88 bits per heavy atom. The molecule has 3 nitrogen and oxygen atoms in total. The quantitative estimate of drug-likeness (QED) is 0.767. The Morgan fingerprint density at radius 2 is 2.12 bits per heavy atom. The molecule has 0 amide bonds. The van der Waals surface area contributed by atoms with Crippen LogP contribution in [0.1, 0.15) is 35.2 Å². The first-order valence-electron chi connectivity index (χ1n) is 5.82. The van der Waals surface area contributed by atoms with Crippen LogP contribution in [0.15, 0.2) is 28.8 Å². The summed E-state index contributed by atoms with van der Waals surface area (Å²) in [6.45, 7) is 0. The van der Waals surface area contributed by atoms with Crippen LogP contribution in [0.3, 0.4) is 0 Å². The highest BCUT2D eigenvalue weighted by molar-refractivity contribution is 6.16. The third-order valence-corrected chi connectivity index (χ3v) is 3.54. The lowest BCUT2D eigenvalue weighted by atomic mass is 9.84. The highest BCUT2D eigenvalue weighted by atomic mass is 35.5. The van der Waals surface area contributed by atoms with Crippen LogP contribution in [-0.4, -0.2) is 10.1 Å². The van der Waals surface area contributed by atoms with Gasteiger partial charge in [-0.25, -0.2) is 0 Å². The van der Waals surface area contributed by atoms with Gasteiger partial charge in [0.1, 0.15) is 0 Å². The van der Waals surface area contributed by atoms with Crippen LogP contribution in [0.2, 0.25) is 0 Å². The maximum Gasteiger partial charge on any atom is 0.230 e. The van der Waals surface area contributed by atoms with Gasteiger partial charge >= 0.3 is 0 Å². The van der Waals surface area contributed by atoms with Crippen molar-refractivity contribution in [3.8, 4) is 0 Å². The maximum atomic E-state index is 5.68. The van der Waals surface area contributed by atoms with Crippen molar-refractivity contribution in [1.82, 2.24) is 10.1 Å². The van der Waals surface area contributed by atoms with E-state index in [-0.39, 0.29) is 0 Å². The van der Waals surface area contributed by atoms with E-state index in [1.54, 1.807) is 0 Å². The van der Waals surface area contributed by atoms with Gasteiger partial charge in [-0.15, -0.1) is 11.6 Å². The van der Waals surface area contributed by atoms with Crippen LogP contribution >= 0.6 is 11.6 Å². The average molecular weight is 249 g/mol. The van der Waals surface area contributed by atoms with Gasteiger partial charge in [-0.3, -0.25) is 0 Å². The molecule has 0 aliphatic heterocycles. The van der Waals surface area contributed by atoms with Gasteiger partial charge in [0.15, 0.2) is 5.82 Å². The minimum atomic E-state index is 0.312. The number of alkyl halides is 1. The average Bonchev–Trinajstić information content (AvgIpc) is 2.87. The molecule has 1 atom stereocenters. The Morgan fingerprint density at radius 1 is 1.29 bits per heavy atom. The number of nitrogens with zero attached hydrogens (tertiary/aromatic N) is 2. The van der Waals surface area contributed by atoms with Crippen LogP contribution in [0, 0.1) is 0 Å². The summed E-state index contributed by atoms with van der Waals surface area (Å²) in [5.41, 5.74) is 2.84. The van der Waals surface area contributed by atoms with Gasteiger partial charge in [-0.05, 0) is 30.4 Å². The van der Waals surface area contributed by atoms with Gasteiger partial charge in [0.05, 0.1) is 5.88 Å². The Hall–Kier alpha value is -1.35. The summed E-state index contributed by atoms with van der Waals surface area (Å²) >= 11 is 5.68. The van der Waals surface area contributed by atoms with Gasteiger partial charge in [-0.2, -0.15) is 4.98 Å². The lowest BCUT2D eigenvalue weighted by Crippen LogP contribution is -2.12. The van der Waals surface area contributed by atoms with Crippen molar-refractivity contribution >= 4 is 11.6 Å². The van der Waals surface area contributed by atoms with Gasteiger partial charge < -0.3 is 4.52 Å². The van der Waals surface area contributed by atoms with Crippen molar-refractivity contribution in [3.05, 3.63) is 47.1 Å². The molecule has 1 aliphatic rings. The zero-order chi connectivity index (χ0) is 11.7. The summed E-state index contributed by atoms with van der Waals surface area (Å²) in [7, 11) is 0. The second kappa shape index (κ2) is 4.49. The van der Waals surface area contributed by atoms with Crippen molar-refractivity contribution in [1.29, 1.82) is 0 Å². The van der Waals surface area contributed by atoms with Crippen molar-refractivity contribution in [2.75, 3.05) is 0 Å². The minimum absolute atomic E-state index is 0.312. The molecule has 0 bridgehead atoms. The third kappa shape index (κ3) is 2.07. The number of hydrogen-bond acceptors (Lipinski definition) is 3. The molecule has 88 valence electrons. The van der Waals surface area contributed by atoms with Crippen LogP contribution in [0.4, 0.5) is 0 Å². The van der Waals surface area contributed by atoms with E-state index in [0.29, 0.717) is 17.6 Å². The smallest absolute Gasteiger partial charge is 0.230 e. The van der Waals surface area contributed by atoms with Crippen LogP contribution < -0.4 is 0 Å². The molecule has 17 heavy (non-hydrogen) atoms. The molecule has 0 saturated carbocycles. The van der Waals surface area contributed by atoms with Gasteiger partial charge in [0, 0.05) is 5.92 Å². The molecule has 0 saturated heterocycles. The summed E-state index contributed by atoms with van der Waals surface area (Å²) < 4.78 is 5.26. The number of benzene rings is 1. The number of fused-ring (bicyclic) bond motifs is 1. The summed E-state index contributed by atoms with van der Waals surface area (Å²) in [6, 6.07) is 8.56. The van der Waals surface area contributed by atoms with Crippen molar-refractivity contribution in [2.24, 2.45) is 0 Å². The fourth-order valence-electron chi connectivity index (χ4n) is 2.40. The highest BCUT2D eigenvalue weighted by Gasteiger charge is 2.24. The van der Waals surface area contributed by atoms with E-state index >= 15 is 0 Å². The Bertz CT molecular complexity index is 524. The van der Waals surface area contributed by atoms with Crippen LogP contribution in [0.5, 0.6) is 0 Å². The molecule has 1 aromatic heterocycles. The standard InChI is InChI=1S/C13H13ClN2O/c14-8-12-15-13(17-16-12)11-6-5-9-3-1-2-4-10(9)7-11/h1-4,11H,5-8H2. The van der Waals surface area contributed by atoms with E-state index in [4.69, 9.17) is 16.1 Å². The van der Waals surface area contributed by atoms with E-state index in [0.717, 1.165) is 25.2 Å². The molecule has 1 aromatic carbocycles. The predicted molar refractivity (Wildman–Crippen MR) is 65.1 cm³/mol. The highest BCUT2D eigenvalue weighted by Crippen LogP contribution is 2.31. The van der Waals surface area contributed by atoms with Gasteiger partial charge in [-0.1, -0.05) is 29.4 Å².